The molecule has 0 spiro atoms. The van der Waals surface area contributed by atoms with Crippen molar-refractivity contribution in [3.8, 4) is 28.1 Å². The van der Waals surface area contributed by atoms with Crippen molar-refractivity contribution in [2.75, 3.05) is 7.11 Å². The lowest BCUT2D eigenvalue weighted by Gasteiger charge is -2.38. The van der Waals surface area contributed by atoms with Gasteiger partial charge in [-0.3, -0.25) is 13.8 Å². The fourth-order valence-corrected chi connectivity index (χ4v) is 8.79. The fraction of sp³-hybridized carbons (Fsp3) is 0.368. The molecule has 0 aliphatic heterocycles. The summed E-state index contributed by atoms with van der Waals surface area (Å²) in [6.07, 6.45) is 3.73. The first-order valence-corrected chi connectivity index (χ1v) is 18.5. The number of carbonyl (C=O) groups is 1. The summed E-state index contributed by atoms with van der Waals surface area (Å²) in [6.45, 7) is 4.39. The van der Waals surface area contributed by atoms with Crippen LogP contribution in [0.1, 0.15) is 63.5 Å². The topological polar surface area (TPSA) is 144 Å². The molecule has 7 rings (SSSR count). The lowest BCUT2D eigenvalue weighted by Crippen LogP contribution is -2.50. The zero-order chi connectivity index (χ0) is 40.5. The van der Waals surface area contributed by atoms with Gasteiger partial charge in [0.25, 0.3) is 10.0 Å². The van der Waals surface area contributed by atoms with Crippen LogP contribution >= 0.6 is 0 Å². The molecule has 1 aliphatic carbocycles. The maximum atomic E-state index is 16.2. The number of ether oxygens (including phenoxy) is 2. The van der Waals surface area contributed by atoms with E-state index in [1.165, 1.54) is 30.0 Å². The Labute approximate surface area is 310 Å². The monoisotopic (exact) mass is 746 g/mol. The number of nitrogens with zero attached hydrogens (tertiary/aromatic N) is 6. The molecule has 1 fully saturated rings. The molecule has 1 saturated carbocycles. The Morgan fingerprint density at radius 3 is 2.38 bits per heavy atom. The van der Waals surface area contributed by atoms with E-state index in [2.05, 4.69) is 15.4 Å². The number of pyridine rings is 1. The van der Waals surface area contributed by atoms with Gasteiger partial charge < -0.3 is 14.8 Å². The smallest absolute Gasteiger partial charge is 0.408 e. The molecule has 0 radical (unpaired) electrons. The van der Waals surface area contributed by atoms with Crippen LogP contribution in [0.3, 0.4) is 0 Å². The highest BCUT2D eigenvalue weighted by atomic mass is 32.2. The Balaban J connectivity index is 1.55. The summed E-state index contributed by atoms with van der Waals surface area (Å²) >= 11 is 0. The van der Waals surface area contributed by atoms with E-state index >= 15 is 4.39 Å². The first-order valence-electron chi connectivity index (χ1n) is 18.6. The third kappa shape index (κ3) is 6.26. The average molecular weight is 747 g/mol. The first-order chi connectivity index (χ1) is 26.2. The van der Waals surface area contributed by atoms with Crippen LogP contribution in [-0.2, 0) is 28.8 Å². The normalized spacial score (nSPS) is 19.2. The zero-order valence-electron chi connectivity index (χ0n) is 33.2. The van der Waals surface area contributed by atoms with E-state index in [0.717, 1.165) is 10.2 Å². The molecule has 0 atom stereocenters. The van der Waals surface area contributed by atoms with Crippen LogP contribution in [0.2, 0.25) is 0 Å². The Morgan fingerprint density at radius 1 is 1.09 bits per heavy atom. The first kappa shape index (κ1) is 32.2. The molecular formula is C38H42FN7O6S. The number of aryl methyl sites for hydroxylation is 2. The van der Waals surface area contributed by atoms with Gasteiger partial charge in [-0.2, -0.15) is 4.39 Å². The van der Waals surface area contributed by atoms with Gasteiger partial charge in [-0.25, -0.2) is 27.0 Å². The summed E-state index contributed by atoms with van der Waals surface area (Å²) in [6, 6.07) is 13.8. The Bertz CT molecular complexity index is 2650. The number of methoxy groups -OCH3 is 1. The molecule has 0 saturated heterocycles. The number of halogens is 1. The summed E-state index contributed by atoms with van der Waals surface area (Å²) in [5, 5.41) is 6.88. The second-order valence-electron chi connectivity index (χ2n) is 14.6. The van der Waals surface area contributed by atoms with Crippen molar-refractivity contribution in [3.63, 3.8) is 0 Å². The number of carbonyl (C=O) groups excluding carboxylic acids is 1. The quantitative estimate of drug-likeness (QED) is 0.194. The summed E-state index contributed by atoms with van der Waals surface area (Å²) in [7, 11) is -1.51. The zero-order valence-corrected chi connectivity index (χ0v) is 31.0. The number of benzene rings is 2. The van der Waals surface area contributed by atoms with E-state index in [1.54, 1.807) is 74.9 Å². The van der Waals surface area contributed by atoms with Gasteiger partial charge in [-0.05, 0) is 83.2 Å². The second-order valence-corrected chi connectivity index (χ2v) is 16.4. The highest BCUT2D eigenvalue weighted by Crippen LogP contribution is 2.47. The van der Waals surface area contributed by atoms with Gasteiger partial charge in [0.1, 0.15) is 11.4 Å². The third-order valence-corrected chi connectivity index (χ3v) is 11.5. The van der Waals surface area contributed by atoms with Crippen molar-refractivity contribution in [1.82, 2.24) is 33.2 Å². The standard InChI is InChI=1S/C38H42FN7O6S/c1-37(2,3)52-35(47)41-38(4)19-17-24(18-20-38)45-32-28(44(6)36(45)48)21-40-34-30(32)29(23-13-15-25(51-7)16-14-23)31(27-22-43(5)42-33(27)39)46(34)53(49,50)26-11-9-8-10-12-26/h8-16,21-22,24H,17-20H2,1-7H3,(H,41,47)/i5D3. The number of imidazole rings is 1. The van der Waals surface area contributed by atoms with E-state index in [4.69, 9.17) is 13.6 Å². The summed E-state index contributed by atoms with van der Waals surface area (Å²) in [5.74, 6) is -0.739. The van der Waals surface area contributed by atoms with E-state index in [-0.39, 0.29) is 32.9 Å². The minimum atomic E-state index is -4.60. The van der Waals surface area contributed by atoms with Crippen molar-refractivity contribution in [2.24, 2.45) is 14.0 Å². The number of amides is 1. The SMILES string of the molecule is [2H]C([2H])([2H])n1cc(-c2c(-c3ccc(OC)cc3)c3c(ncc4c3n(C3CCC(C)(NC(=O)OC(C)(C)C)CC3)c(=O)n4C)n2S(=O)(=O)c2ccccc2)c(F)n1. The van der Waals surface area contributed by atoms with Crippen LogP contribution in [0, 0.1) is 5.95 Å². The van der Waals surface area contributed by atoms with Crippen molar-refractivity contribution in [2.45, 2.75) is 75.5 Å². The molecule has 6 aromatic rings. The van der Waals surface area contributed by atoms with Gasteiger partial charge in [0, 0.05) is 41.5 Å². The van der Waals surface area contributed by atoms with Crippen molar-refractivity contribution in [3.05, 3.63) is 83.4 Å². The van der Waals surface area contributed by atoms with Crippen LogP contribution in [0.5, 0.6) is 5.75 Å². The van der Waals surface area contributed by atoms with Gasteiger partial charge in [-0.15, -0.1) is 5.10 Å². The molecule has 15 heteroatoms. The summed E-state index contributed by atoms with van der Waals surface area (Å²) in [4.78, 5) is 31.6. The van der Waals surface area contributed by atoms with Gasteiger partial charge in [0.2, 0.25) is 5.95 Å². The van der Waals surface area contributed by atoms with Gasteiger partial charge in [0.05, 0.1) is 45.9 Å². The number of hydrogen-bond donors (Lipinski definition) is 1. The molecular weight excluding hydrogens is 702 g/mol. The third-order valence-electron chi connectivity index (χ3n) is 9.80. The number of hydrogen-bond acceptors (Lipinski definition) is 8. The minimum Gasteiger partial charge on any atom is -0.497 e. The van der Waals surface area contributed by atoms with Gasteiger partial charge in [-0.1, -0.05) is 30.3 Å². The summed E-state index contributed by atoms with van der Waals surface area (Å²) in [5.41, 5.74) is -1.14. The highest BCUT2D eigenvalue weighted by Gasteiger charge is 2.38. The van der Waals surface area contributed by atoms with Crippen LogP contribution in [0.15, 0.2) is 76.7 Å². The molecule has 1 N–H and O–H groups in total. The van der Waals surface area contributed by atoms with Crippen LogP contribution in [0.4, 0.5) is 9.18 Å². The molecule has 278 valence electrons. The lowest BCUT2D eigenvalue weighted by molar-refractivity contribution is 0.0427. The molecule has 2 aromatic carbocycles. The second kappa shape index (κ2) is 12.9. The molecule has 0 unspecified atom stereocenters. The van der Waals surface area contributed by atoms with Crippen LogP contribution in [0.25, 0.3) is 44.5 Å². The molecule has 4 heterocycles. The van der Waals surface area contributed by atoms with E-state index in [9.17, 15) is 18.0 Å². The molecule has 0 bridgehead atoms. The molecule has 13 nitrogen and oxygen atoms in total. The predicted molar refractivity (Wildman–Crippen MR) is 199 cm³/mol. The Hall–Kier alpha value is -5.44. The number of rotatable bonds is 7. The Kier molecular flexibility index (Phi) is 7.84. The number of alkyl carbamates (subject to hydrolysis) is 1. The largest absolute Gasteiger partial charge is 0.497 e. The predicted octanol–water partition coefficient (Wildman–Crippen LogP) is 6.54. The molecule has 53 heavy (non-hydrogen) atoms. The minimum absolute atomic E-state index is 0.116. The van der Waals surface area contributed by atoms with Crippen molar-refractivity contribution >= 4 is 38.2 Å². The lowest BCUT2D eigenvalue weighted by atomic mass is 9.80. The number of aromatic nitrogens is 6. The van der Waals surface area contributed by atoms with E-state index < -0.39 is 51.8 Å². The number of fused-ring (bicyclic) bond motifs is 3. The van der Waals surface area contributed by atoms with Crippen LogP contribution < -0.4 is 15.7 Å². The fourth-order valence-electron chi connectivity index (χ4n) is 7.28. The van der Waals surface area contributed by atoms with E-state index in [0.29, 0.717) is 52.7 Å². The Morgan fingerprint density at radius 2 is 1.77 bits per heavy atom. The van der Waals surface area contributed by atoms with Gasteiger partial charge in [0.15, 0.2) is 5.65 Å². The van der Waals surface area contributed by atoms with Crippen molar-refractivity contribution in [1.29, 1.82) is 0 Å². The molecule has 1 amide bonds. The number of nitrogens with one attached hydrogen (secondary N) is 1. The molecule has 1 aliphatic rings. The van der Waals surface area contributed by atoms with Crippen LogP contribution in [-0.4, -0.2) is 60.6 Å². The maximum absolute atomic E-state index is 16.2. The average Bonchev–Trinajstić information content (AvgIpc) is 3.77. The highest BCUT2D eigenvalue weighted by molar-refractivity contribution is 7.90. The summed E-state index contributed by atoms with van der Waals surface area (Å²) < 4.78 is 85.2. The maximum Gasteiger partial charge on any atom is 0.408 e. The molecule has 4 aromatic heterocycles. The van der Waals surface area contributed by atoms with E-state index in [1.807, 2.05) is 6.92 Å². The van der Waals surface area contributed by atoms with Crippen molar-refractivity contribution < 1.29 is 31.2 Å². The van der Waals surface area contributed by atoms with Gasteiger partial charge >= 0.3 is 11.8 Å².